The molecule has 0 atom stereocenters. The van der Waals surface area contributed by atoms with E-state index in [1.165, 1.54) is 30.0 Å². The molecule has 0 radical (unpaired) electrons. The molecule has 0 aliphatic rings. The summed E-state index contributed by atoms with van der Waals surface area (Å²) in [6, 6.07) is 11.4. The van der Waals surface area contributed by atoms with E-state index in [4.69, 9.17) is 11.6 Å². The minimum atomic E-state index is -0.547. The molecule has 0 aliphatic heterocycles. The number of rotatable bonds is 5. The molecule has 1 heterocycles. The highest BCUT2D eigenvalue weighted by atomic mass is 35.5. The molecule has 0 fully saturated rings. The van der Waals surface area contributed by atoms with Crippen molar-refractivity contribution in [2.45, 2.75) is 11.9 Å². The van der Waals surface area contributed by atoms with Crippen LogP contribution in [-0.2, 0) is 4.79 Å². The topological polar surface area (TPSA) is 98.0 Å². The number of para-hydroxylation sites is 2. The molecule has 26 heavy (non-hydrogen) atoms. The van der Waals surface area contributed by atoms with Crippen LogP contribution in [0, 0.1) is 17.0 Å². The van der Waals surface area contributed by atoms with Crippen molar-refractivity contribution in [3.05, 3.63) is 63.3 Å². The fraction of sp³-hybridized carbons (Fsp3) is 0.118. The largest absolute Gasteiger partial charge is 0.324 e. The van der Waals surface area contributed by atoms with Gasteiger partial charge in [0, 0.05) is 12.1 Å². The molecule has 1 amide bonds. The van der Waals surface area contributed by atoms with Crippen LogP contribution in [0.5, 0.6) is 0 Å². The van der Waals surface area contributed by atoms with Crippen LogP contribution in [-0.4, -0.2) is 26.6 Å². The number of carbonyl (C=O) groups excluding carboxylic acids is 1. The number of thioether (sulfide) groups is 1. The number of fused-ring (bicyclic) bond motifs is 1. The Balaban J connectivity index is 1.68. The number of aryl methyl sites for hydroxylation is 1. The van der Waals surface area contributed by atoms with Crippen LogP contribution in [0.25, 0.3) is 11.0 Å². The molecule has 3 aromatic rings. The maximum atomic E-state index is 12.2. The summed E-state index contributed by atoms with van der Waals surface area (Å²) in [5, 5.41) is 14.1. The van der Waals surface area contributed by atoms with Gasteiger partial charge in [0.2, 0.25) is 5.91 Å². The smallest absolute Gasteiger partial charge is 0.271 e. The first-order chi connectivity index (χ1) is 12.4. The highest BCUT2D eigenvalue weighted by molar-refractivity contribution is 8.00. The monoisotopic (exact) mass is 388 g/mol. The molecule has 7 nitrogen and oxygen atoms in total. The predicted octanol–water partition coefficient (Wildman–Crippen LogP) is 4.23. The van der Waals surface area contributed by atoms with E-state index in [0.29, 0.717) is 10.7 Å². The molecule has 2 aromatic carbocycles. The van der Waals surface area contributed by atoms with Gasteiger partial charge in [-0.1, -0.05) is 35.5 Å². The molecule has 1 aromatic heterocycles. The summed E-state index contributed by atoms with van der Waals surface area (Å²) in [5.74, 6) is -0.179. The van der Waals surface area contributed by atoms with E-state index in [9.17, 15) is 14.9 Å². The number of amides is 1. The molecule has 0 spiro atoms. The minimum Gasteiger partial charge on any atom is -0.324 e. The van der Waals surface area contributed by atoms with Crippen LogP contribution in [0.15, 0.2) is 47.5 Å². The van der Waals surface area contributed by atoms with E-state index in [1.54, 1.807) is 0 Å². The number of nitro groups is 1. The zero-order valence-corrected chi connectivity index (χ0v) is 15.2. The third-order valence-corrected chi connectivity index (χ3v) is 4.86. The zero-order chi connectivity index (χ0) is 18.7. The fourth-order valence-electron chi connectivity index (χ4n) is 2.25. The first-order valence-electron chi connectivity index (χ1n) is 7.54. The molecule has 1 N–H and O–H groups in total. The van der Waals surface area contributed by atoms with E-state index in [0.717, 1.165) is 16.7 Å². The lowest BCUT2D eigenvalue weighted by Gasteiger charge is -2.08. The van der Waals surface area contributed by atoms with Crippen molar-refractivity contribution in [1.29, 1.82) is 0 Å². The number of halogens is 1. The number of nitro benzene ring substituents is 1. The SMILES string of the molecule is Cc1nc2ccccc2nc1SCC(=O)Nc1ccc([N+](=O)[O-])cc1Cl. The number of nitrogens with zero attached hydrogens (tertiary/aromatic N) is 3. The van der Waals surface area contributed by atoms with Crippen molar-refractivity contribution in [3.63, 3.8) is 0 Å². The van der Waals surface area contributed by atoms with Crippen molar-refractivity contribution in [2.24, 2.45) is 0 Å². The molecule has 0 aliphatic carbocycles. The second-order valence-corrected chi connectivity index (χ2v) is 6.73. The summed E-state index contributed by atoms with van der Waals surface area (Å²) in [6.45, 7) is 1.84. The number of aromatic nitrogens is 2. The molecule has 0 saturated heterocycles. The van der Waals surface area contributed by atoms with Gasteiger partial charge in [-0.05, 0) is 25.1 Å². The molecular formula is C17H13ClN4O3S. The Hall–Kier alpha value is -2.71. The standard InChI is InChI=1S/C17H13ClN4O3S/c1-10-17(21-15-5-3-2-4-14(15)19-10)26-9-16(23)20-13-7-6-11(22(24)25)8-12(13)18/h2-8H,9H2,1H3,(H,20,23). The first kappa shape index (κ1) is 18.1. The highest BCUT2D eigenvalue weighted by Crippen LogP contribution is 2.27. The predicted molar refractivity (Wildman–Crippen MR) is 102 cm³/mol. The number of hydrogen-bond acceptors (Lipinski definition) is 6. The maximum absolute atomic E-state index is 12.2. The average Bonchev–Trinajstić information content (AvgIpc) is 2.61. The van der Waals surface area contributed by atoms with Gasteiger partial charge in [0.1, 0.15) is 5.03 Å². The molecular weight excluding hydrogens is 376 g/mol. The minimum absolute atomic E-state index is 0.110. The van der Waals surface area contributed by atoms with E-state index in [-0.39, 0.29) is 22.4 Å². The highest BCUT2D eigenvalue weighted by Gasteiger charge is 2.13. The van der Waals surface area contributed by atoms with E-state index in [2.05, 4.69) is 15.3 Å². The second kappa shape index (κ2) is 7.67. The molecule has 0 unspecified atom stereocenters. The van der Waals surface area contributed by atoms with Crippen molar-refractivity contribution < 1.29 is 9.72 Å². The van der Waals surface area contributed by atoms with Gasteiger partial charge in [-0.15, -0.1) is 0 Å². The van der Waals surface area contributed by atoms with Crippen LogP contribution >= 0.6 is 23.4 Å². The van der Waals surface area contributed by atoms with Gasteiger partial charge in [0.25, 0.3) is 5.69 Å². The van der Waals surface area contributed by atoms with Crippen molar-refractivity contribution in [3.8, 4) is 0 Å². The molecule has 0 saturated carbocycles. The Bertz CT molecular complexity index is 1010. The van der Waals surface area contributed by atoms with E-state index in [1.807, 2.05) is 31.2 Å². The molecule has 9 heteroatoms. The Labute approximate surface area is 157 Å². The van der Waals surface area contributed by atoms with Crippen LogP contribution < -0.4 is 5.32 Å². The summed E-state index contributed by atoms with van der Waals surface area (Å²) < 4.78 is 0. The fourth-order valence-corrected chi connectivity index (χ4v) is 3.23. The van der Waals surface area contributed by atoms with Crippen LogP contribution in [0.4, 0.5) is 11.4 Å². The van der Waals surface area contributed by atoms with Gasteiger partial charge in [-0.3, -0.25) is 14.9 Å². The summed E-state index contributed by atoms with van der Waals surface area (Å²) in [5.41, 5.74) is 2.50. The lowest BCUT2D eigenvalue weighted by Crippen LogP contribution is -2.14. The third-order valence-electron chi connectivity index (χ3n) is 3.48. The van der Waals surface area contributed by atoms with Crippen LogP contribution in [0.1, 0.15) is 5.69 Å². The van der Waals surface area contributed by atoms with E-state index < -0.39 is 4.92 Å². The maximum Gasteiger partial charge on any atom is 0.271 e. The molecule has 3 rings (SSSR count). The third kappa shape index (κ3) is 4.09. The van der Waals surface area contributed by atoms with Gasteiger partial charge in [-0.2, -0.15) is 0 Å². The number of non-ortho nitro benzene ring substituents is 1. The number of nitrogens with one attached hydrogen (secondary N) is 1. The molecule has 0 bridgehead atoms. The van der Waals surface area contributed by atoms with E-state index >= 15 is 0 Å². The Morgan fingerprint density at radius 3 is 2.58 bits per heavy atom. The van der Waals surface area contributed by atoms with Gasteiger partial charge < -0.3 is 5.32 Å². The Kier molecular flexibility index (Phi) is 5.34. The van der Waals surface area contributed by atoms with Gasteiger partial charge in [-0.25, -0.2) is 9.97 Å². The summed E-state index contributed by atoms with van der Waals surface area (Å²) >= 11 is 7.24. The summed E-state index contributed by atoms with van der Waals surface area (Å²) in [6.07, 6.45) is 0. The van der Waals surface area contributed by atoms with Crippen LogP contribution in [0.3, 0.4) is 0 Å². The Morgan fingerprint density at radius 1 is 1.23 bits per heavy atom. The number of carbonyl (C=O) groups is 1. The quantitative estimate of drug-likeness (QED) is 0.399. The van der Waals surface area contributed by atoms with Crippen LogP contribution in [0.2, 0.25) is 5.02 Å². The lowest BCUT2D eigenvalue weighted by atomic mass is 10.3. The number of anilines is 1. The Morgan fingerprint density at radius 2 is 1.92 bits per heavy atom. The normalized spacial score (nSPS) is 10.7. The zero-order valence-electron chi connectivity index (χ0n) is 13.6. The molecule has 132 valence electrons. The summed E-state index contributed by atoms with van der Waals surface area (Å²) in [7, 11) is 0. The number of benzene rings is 2. The average molecular weight is 389 g/mol. The summed E-state index contributed by atoms with van der Waals surface area (Å²) in [4.78, 5) is 31.3. The second-order valence-electron chi connectivity index (χ2n) is 5.36. The van der Waals surface area contributed by atoms with Crippen molar-refractivity contribution in [1.82, 2.24) is 9.97 Å². The van der Waals surface area contributed by atoms with Gasteiger partial charge in [0.05, 0.1) is 38.1 Å². The van der Waals surface area contributed by atoms with Crippen molar-refractivity contribution in [2.75, 3.05) is 11.1 Å². The van der Waals surface area contributed by atoms with Crippen molar-refractivity contribution >= 4 is 51.7 Å². The number of hydrogen-bond donors (Lipinski definition) is 1. The van der Waals surface area contributed by atoms with Gasteiger partial charge >= 0.3 is 0 Å². The van der Waals surface area contributed by atoms with Gasteiger partial charge in [0.15, 0.2) is 0 Å². The first-order valence-corrected chi connectivity index (χ1v) is 8.90. The lowest BCUT2D eigenvalue weighted by molar-refractivity contribution is -0.384.